The first-order chi connectivity index (χ1) is 15.9. The minimum absolute atomic E-state index is 0.0884. The Morgan fingerprint density at radius 2 is 1.71 bits per heavy atom. The number of methoxy groups -OCH3 is 1. The Bertz CT molecular complexity index is 848. The third-order valence-corrected chi connectivity index (χ3v) is 8.00. The standard InChI is InChI=1S/C20H26O2.C4H8O.C3H6O2.C2H6/c1-12-4-5-15-14-11-18(22)17-10-13(21)6-8-20(17,3)16(14)7-9-19(12,15)2;1-3-4(2)5;1-3(4)5-2;1-2/h5,10,12,18,22H,4,6-9,11H2,1-3H3;3H2,1-2H3;1-2H3;1-2H3/t12?,18-,19?,20?;;;/m1.../s1. The molecule has 1 N–H and O–H groups in total. The van der Waals surface area contributed by atoms with E-state index in [1.807, 2.05) is 20.8 Å². The number of carbonyl (C=O) groups excluding carboxylic acids is 3. The van der Waals surface area contributed by atoms with Crippen LogP contribution in [-0.2, 0) is 19.1 Å². The number of allylic oxidation sites excluding steroid dienone is 4. The van der Waals surface area contributed by atoms with Crippen molar-refractivity contribution in [2.24, 2.45) is 16.7 Å². The summed E-state index contributed by atoms with van der Waals surface area (Å²) in [5, 5.41) is 10.7. The fourth-order valence-electron chi connectivity index (χ4n) is 5.46. The molecule has 192 valence electrons. The number of aliphatic hydroxyl groups is 1. The Morgan fingerprint density at radius 3 is 2.21 bits per heavy atom. The molecule has 5 nitrogen and oxygen atoms in total. The van der Waals surface area contributed by atoms with Crippen LogP contribution >= 0.6 is 0 Å². The lowest BCUT2D eigenvalue weighted by Gasteiger charge is -2.50. The SMILES string of the molecule is CC.CC1CC=C2C3=C(CCC21C)C1(C)CCC(=O)C=C1[C@H](O)C3.CCC(C)=O.COC(C)=O. The maximum Gasteiger partial charge on any atom is 0.302 e. The molecule has 0 radical (unpaired) electrons. The first-order valence-electron chi connectivity index (χ1n) is 12.8. The van der Waals surface area contributed by atoms with Gasteiger partial charge in [-0.1, -0.05) is 53.2 Å². The molecule has 3 unspecified atom stereocenters. The van der Waals surface area contributed by atoms with Crippen LogP contribution in [0.15, 0.2) is 34.4 Å². The number of hydrogen-bond donors (Lipinski definition) is 1. The largest absolute Gasteiger partial charge is 0.469 e. The van der Waals surface area contributed by atoms with Gasteiger partial charge in [0.1, 0.15) is 5.78 Å². The fourth-order valence-corrected chi connectivity index (χ4v) is 5.46. The molecule has 0 heterocycles. The quantitative estimate of drug-likeness (QED) is 0.451. The minimum atomic E-state index is -0.479. The van der Waals surface area contributed by atoms with Crippen molar-refractivity contribution in [1.82, 2.24) is 0 Å². The predicted octanol–water partition coefficient (Wildman–Crippen LogP) is 6.30. The highest BCUT2D eigenvalue weighted by molar-refractivity contribution is 5.92. The third-order valence-electron chi connectivity index (χ3n) is 8.00. The van der Waals surface area contributed by atoms with E-state index in [4.69, 9.17) is 0 Å². The Kier molecular flexibility index (Phi) is 11.1. The number of Topliss-reactive ketones (excluding diaryl/α,β-unsaturated/α-hetero) is 1. The smallest absolute Gasteiger partial charge is 0.302 e. The molecule has 4 atom stereocenters. The first kappa shape index (κ1) is 30.0. The van der Waals surface area contributed by atoms with Crippen molar-refractivity contribution in [3.05, 3.63) is 34.4 Å². The molecule has 4 aliphatic carbocycles. The molecule has 0 saturated heterocycles. The van der Waals surface area contributed by atoms with Crippen LogP contribution in [0.25, 0.3) is 0 Å². The maximum absolute atomic E-state index is 11.8. The number of aliphatic hydroxyl groups excluding tert-OH is 1. The zero-order valence-electron chi connectivity index (χ0n) is 22.8. The van der Waals surface area contributed by atoms with E-state index < -0.39 is 6.10 Å². The van der Waals surface area contributed by atoms with Gasteiger partial charge in [-0.2, -0.15) is 0 Å². The molecule has 0 fully saturated rings. The molecule has 0 spiro atoms. The van der Waals surface area contributed by atoms with Crippen molar-refractivity contribution in [3.8, 4) is 0 Å². The first-order valence-corrected chi connectivity index (χ1v) is 12.8. The van der Waals surface area contributed by atoms with Crippen molar-refractivity contribution < 1.29 is 24.2 Å². The summed E-state index contributed by atoms with van der Waals surface area (Å²) in [5.41, 5.74) is 5.65. The van der Waals surface area contributed by atoms with E-state index >= 15 is 0 Å². The number of rotatable bonds is 1. The lowest BCUT2D eigenvalue weighted by molar-refractivity contribution is -0.138. The second-order valence-electron chi connectivity index (χ2n) is 10.00. The van der Waals surface area contributed by atoms with Gasteiger partial charge in [0.25, 0.3) is 0 Å². The van der Waals surface area contributed by atoms with E-state index in [-0.39, 0.29) is 23.0 Å². The van der Waals surface area contributed by atoms with Crippen LogP contribution in [0, 0.1) is 16.7 Å². The van der Waals surface area contributed by atoms with Gasteiger partial charge in [0.2, 0.25) is 0 Å². The van der Waals surface area contributed by atoms with E-state index in [2.05, 4.69) is 31.6 Å². The number of hydrogen-bond acceptors (Lipinski definition) is 5. The summed E-state index contributed by atoms with van der Waals surface area (Å²) in [7, 11) is 1.35. The summed E-state index contributed by atoms with van der Waals surface area (Å²) in [5.74, 6) is 0.895. The van der Waals surface area contributed by atoms with Gasteiger partial charge >= 0.3 is 5.97 Å². The van der Waals surface area contributed by atoms with Crippen LogP contribution in [-0.4, -0.2) is 35.9 Å². The lowest BCUT2D eigenvalue weighted by Crippen LogP contribution is -2.42. The van der Waals surface area contributed by atoms with Gasteiger partial charge in [-0.3, -0.25) is 9.59 Å². The zero-order valence-corrected chi connectivity index (χ0v) is 22.8. The summed E-state index contributed by atoms with van der Waals surface area (Å²) in [6, 6.07) is 0. The van der Waals surface area contributed by atoms with Crippen LogP contribution in [0.4, 0.5) is 0 Å². The zero-order chi connectivity index (χ0) is 26.3. The molecule has 4 rings (SSSR count). The Hall–Kier alpha value is -2.01. The van der Waals surface area contributed by atoms with Gasteiger partial charge in [0.15, 0.2) is 5.78 Å². The molecule has 0 saturated carbocycles. The highest BCUT2D eigenvalue weighted by Gasteiger charge is 2.51. The van der Waals surface area contributed by atoms with Crippen LogP contribution in [0.1, 0.15) is 100 Å². The number of carbonyl (C=O) groups is 3. The molecule has 5 heteroatoms. The average molecular weight is 475 g/mol. The van der Waals surface area contributed by atoms with Crippen LogP contribution < -0.4 is 0 Å². The van der Waals surface area contributed by atoms with Crippen LogP contribution in [0.2, 0.25) is 0 Å². The molecular weight excluding hydrogens is 428 g/mol. The molecule has 0 bridgehead atoms. The molecule has 0 aliphatic heterocycles. The number of esters is 1. The molecular formula is C29H46O5. The van der Waals surface area contributed by atoms with E-state index in [0.29, 0.717) is 30.6 Å². The van der Waals surface area contributed by atoms with Crippen molar-refractivity contribution in [1.29, 1.82) is 0 Å². The third kappa shape index (κ3) is 6.35. The predicted molar refractivity (Wildman–Crippen MR) is 137 cm³/mol. The highest BCUT2D eigenvalue weighted by Crippen LogP contribution is 2.61. The topological polar surface area (TPSA) is 80.7 Å². The molecule has 4 aliphatic rings. The summed E-state index contributed by atoms with van der Waals surface area (Å²) in [6.45, 7) is 15.8. The van der Waals surface area contributed by atoms with E-state index in [9.17, 15) is 19.5 Å². The summed E-state index contributed by atoms with van der Waals surface area (Å²) in [6.07, 6.45) is 10.1. The molecule has 0 aromatic heterocycles. The van der Waals surface area contributed by atoms with E-state index in [0.717, 1.165) is 24.8 Å². The Labute approximate surface area is 206 Å². The summed E-state index contributed by atoms with van der Waals surface area (Å²) in [4.78, 5) is 31.2. The monoisotopic (exact) mass is 474 g/mol. The Morgan fingerprint density at radius 1 is 1.15 bits per heavy atom. The van der Waals surface area contributed by atoms with Crippen molar-refractivity contribution in [2.75, 3.05) is 7.11 Å². The van der Waals surface area contributed by atoms with Crippen LogP contribution in [0.5, 0.6) is 0 Å². The fraction of sp³-hybridized carbons (Fsp3) is 0.690. The van der Waals surface area contributed by atoms with Crippen molar-refractivity contribution >= 4 is 17.5 Å². The van der Waals surface area contributed by atoms with Crippen molar-refractivity contribution in [3.63, 3.8) is 0 Å². The number of ether oxygens (including phenoxy) is 1. The molecule has 0 aromatic carbocycles. The van der Waals surface area contributed by atoms with E-state index in [1.165, 1.54) is 37.2 Å². The minimum Gasteiger partial charge on any atom is -0.469 e. The number of fused-ring (bicyclic) bond motifs is 4. The summed E-state index contributed by atoms with van der Waals surface area (Å²) >= 11 is 0. The number of ketones is 2. The van der Waals surface area contributed by atoms with E-state index in [1.54, 1.807) is 13.0 Å². The normalized spacial score (nSPS) is 30.8. The van der Waals surface area contributed by atoms with Crippen molar-refractivity contribution in [2.45, 2.75) is 106 Å². The van der Waals surface area contributed by atoms with Gasteiger partial charge in [0, 0.05) is 31.6 Å². The average Bonchev–Trinajstić information content (AvgIpc) is 3.12. The van der Waals surface area contributed by atoms with Gasteiger partial charge in [-0.05, 0) is 66.7 Å². The second-order valence-corrected chi connectivity index (χ2v) is 10.00. The van der Waals surface area contributed by atoms with Gasteiger partial charge in [-0.15, -0.1) is 0 Å². The lowest BCUT2D eigenvalue weighted by atomic mass is 9.54. The molecule has 0 aromatic rings. The van der Waals surface area contributed by atoms with Crippen LogP contribution in [0.3, 0.4) is 0 Å². The highest BCUT2D eigenvalue weighted by atomic mass is 16.5. The summed E-state index contributed by atoms with van der Waals surface area (Å²) < 4.78 is 4.11. The van der Waals surface area contributed by atoms with Gasteiger partial charge < -0.3 is 14.6 Å². The Balaban J connectivity index is 0.000000406. The maximum atomic E-state index is 11.8. The molecule has 34 heavy (non-hydrogen) atoms. The second kappa shape index (κ2) is 12.6. The van der Waals surface area contributed by atoms with Gasteiger partial charge in [0.05, 0.1) is 13.2 Å². The van der Waals surface area contributed by atoms with Gasteiger partial charge in [-0.25, -0.2) is 0 Å². The molecule has 0 amide bonds.